The van der Waals surface area contributed by atoms with Gasteiger partial charge in [0.1, 0.15) is 5.75 Å². The summed E-state index contributed by atoms with van der Waals surface area (Å²) in [6.07, 6.45) is 5.14. The molecule has 0 heterocycles. The fraction of sp³-hybridized carbons (Fsp3) is 0.273. The average Bonchev–Trinajstić information content (AvgIpc) is 2.19. The Morgan fingerprint density at radius 2 is 2.36 bits per heavy atom. The predicted molar refractivity (Wildman–Crippen MR) is 61.2 cm³/mol. The number of halogens is 1. The predicted octanol–water partition coefficient (Wildman–Crippen LogP) is 2.18. The molecule has 1 N–H and O–H groups in total. The van der Waals surface area contributed by atoms with Crippen LogP contribution in [0.1, 0.15) is 5.56 Å². The molecule has 0 amide bonds. The van der Waals surface area contributed by atoms with Crippen molar-refractivity contribution >= 4 is 15.9 Å². The van der Waals surface area contributed by atoms with Crippen molar-refractivity contribution in [1.29, 1.82) is 0 Å². The SMILES string of the molecule is C#CCNCc1cc(Br)ccc1OC. The van der Waals surface area contributed by atoms with Crippen LogP contribution in [0.4, 0.5) is 0 Å². The Bertz CT molecular complexity index is 344. The third-order valence-corrected chi connectivity index (χ3v) is 2.28. The van der Waals surface area contributed by atoms with Crippen molar-refractivity contribution in [3.8, 4) is 18.1 Å². The van der Waals surface area contributed by atoms with Crippen molar-refractivity contribution in [2.75, 3.05) is 13.7 Å². The fourth-order valence-corrected chi connectivity index (χ4v) is 1.56. The molecular formula is C11H12BrNO. The van der Waals surface area contributed by atoms with E-state index < -0.39 is 0 Å². The Balaban J connectivity index is 2.73. The molecule has 14 heavy (non-hydrogen) atoms. The lowest BCUT2D eigenvalue weighted by molar-refractivity contribution is 0.408. The highest BCUT2D eigenvalue weighted by Crippen LogP contribution is 2.22. The quantitative estimate of drug-likeness (QED) is 0.656. The van der Waals surface area contributed by atoms with Crippen LogP contribution in [0.3, 0.4) is 0 Å². The summed E-state index contributed by atoms with van der Waals surface area (Å²) in [5.41, 5.74) is 1.09. The zero-order valence-corrected chi connectivity index (χ0v) is 9.60. The molecule has 0 unspecified atom stereocenters. The maximum absolute atomic E-state index is 5.22. The molecule has 0 spiro atoms. The largest absolute Gasteiger partial charge is 0.496 e. The van der Waals surface area contributed by atoms with Gasteiger partial charge >= 0.3 is 0 Å². The summed E-state index contributed by atoms with van der Waals surface area (Å²) >= 11 is 3.41. The van der Waals surface area contributed by atoms with Gasteiger partial charge in [0.25, 0.3) is 0 Å². The highest BCUT2D eigenvalue weighted by atomic mass is 79.9. The van der Waals surface area contributed by atoms with E-state index in [0.717, 1.165) is 15.8 Å². The van der Waals surface area contributed by atoms with E-state index in [0.29, 0.717) is 13.1 Å². The van der Waals surface area contributed by atoms with Gasteiger partial charge in [-0.2, -0.15) is 0 Å². The molecule has 0 aliphatic carbocycles. The standard InChI is InChI=1S/C11H12BrNO/c1-3-6-13-8-9-7-10(12)4-5-11(9)14-2/h1,4-5,7,13H,6,8H2,2H3. The van der Waals surface area contributed by atoms with E-state index in [-0.39, 0.29) is 0 Å². The van der Waals surface area contributed by atoms with Crippen LogP contribution in [0.25, 0.3) is 0 Å². The monoisotopic (exact) mass is 253 g/mol. The van der Waals surface area contributed by atoms with Gasteiger partial charge < -0.3 is 10.1 Å². The molecule has 0 saturated heterocycles. The highest BCUT2D eigenvalue weighted by molar-refractivity contribution is 9.10. The first-order valence-corrected chi connectivity index (χ1v) is 5.04. The zero-order valence-electron chi connectivity index (χ0n) is 8.01. The van der Waals surface area contributed by atoms with Gasteiger partial charge in [0.15, 0.2) is 0 Å². The maximum Gasteiger partial charge on any atom is 0.123 e. The Labute approximate surface area is 92.8 Å². The number of benzene rings is 1. The molecule has 1 aromatic carbocycles. The van der Waals surface area contributed by atoms with E-state index >= 15 is 0 Å². The Hall–Kier alpha value is -0.980. The molecule has 0 aromatic heterocycles. The number of methoxy groups -OCH3 is 1. The molecule has 0 saturated carbocycles. The number of rotatable bonds is 4. The van der Waals surface area contributed by atoms with Gasteiger partial charge in [0.05, 0.1) is 13.7 Å². The number of ether oxygens (including phenoxy) is 1. The molecule has 0 aliphatic rings. The van der Waals surface area contributed by atoms with Crippen molar-refractivity contribution in [2.45, 2.75) is 6.54 Å². The van der Waals surface area contributed by atoms with Crippen LogP contribution in [-0.4, -0.2) is 13.7 Å². The van der Waals surface area contributed by atoms with Crippen LogP contribution >= 0.6 is 15.9 Å². The molecule has 0 fully saturated rings. The molecule has 1 aromatic rings. The van der Waals surface area contributed by atoms with Gasteiger partial charge in [0, 0.05) is 16.6 Å². The van der Waals surface area contributed by atoms with Gasteiger partial charge in [-0.25, -0.2) is 0 Å². The van der Waals surface area contributed by atoms with Gasteiger partial charge in [0.2, 0.25) is 0 Å². The summed E-state index contributed by atoms with van der Waals surface area (Å²) in [7, 11) is 1.66. The van der Waals surface area contributed by atoms with Crippen molar-refractivity contribution < 1.29 is 4.74 Å². The summed E-state index contributed by atoms with van der Waals surface area (Å²) in [4.78, 5) is 0. The minimum Gasteiger partial charge on any atom is -0.496 e. The number of hydrogen-bond acceptors (Lipinski definition) is 2. The summed E-state index contributed by atoms with van der Waals surface area (Å²) in [6.45, 7) is 1.28. The second-order valence-corrected chi connectivity index (χ2v) is 3.68. The smallest absolute Gasteiger partial charge is 0.123 e. The van der Waals surface area contributed by atoms with Crippen molar-refractivity contribution in [2.24, 2.45) is 0 Å². The van der Waals surface area contributed by atoms with Gasteiger partial charge in [-0.15, -0.1) is 6.42 Å². The number of hydrogen-bond donors (Lipinski definition) is 1. The minimum atomic E-state index is 0.565. The number of terminal acetylenes is 1. The molecular weight excluding hydrogens is 242 g/mol. The molecule has 0 bridgehead atoms. The Morgan fingerprint density at radius 1 is 1.57 bits per heavy atom. The Kier molecular flexibility index (Phi) is 4.51. The summed E-state index contributed by atoms with van der Waals surface area (Å²) in [6, 6.07) is 5.89. The highest BCUT2D eigenvalue weighted by Gasteiger charge is 2.02. The molecule has 1 rings (SSSR count). The van der Waals surface area contributed by atoms with E-state index in [1.807, 2.05) is 18.2 Å². The lowest BCUT2D eigenvalue weighted by atomic mass is 10.2. The summed E-state index contributed by atoms with van der Waals surface area (Å²) in [5.74, 6) is 3.40. The molecule has 0 aliphatic heterocycles. The van der Waals surface area contributed by atoms with Crippen molar-refractivity contribution in [1.82, 2.24) is 5.32 Å². The second-order valence-electron chi connectivity index (χ2n) is 2.76. The molecule has 0 atom stereocenters. The maximum atomic E-state index is 5.22. The van der Waals surface area contributed by atoms with Crippen LogP contribution in [0.15, 0.2) is 22.7 Å². The van der Waals surface area contributed by atoms with E-state index in [1.165, 1.54) is 0 Å². The summed E-state index contributed by atoms with van der Waals surface area (Å²) in [5, 5.41) is 3.12. The second kappa shape index (κ2) is 5.69. The van der Waals surface area contributed by atoms with Gasteiger partial charge in [-0.05, 0) is 18.2 Å². The Morgan fingerprint density at radius 3 is 3.00 bits per heavy atom. The van der Waals surface area contributed by atoms with E-state index in [9.17, 15) is 0 Å². The molecule has 3 heteroatoms. The minimum absolute atomic E-state index is 0.565. The van der Waals surface area contributed by atoms with E-state index in [1.54, 1.807) is 7.11 Å². The molecule has 74 valence electrons. The molecule has 0 radical (unpaired) electrons. The van der Waals surface area contributed by atoms with E-state index in [2.05, 4.69) is 27.2 Å². The zero-order chi connectivity index (χ0) is 10.4. The van der Waals surface area contributed by atoms with Crippen molar-refractivity contribution in [3.05, 3.63) is 28.2 Å². The van der Waals surface area contributed by atoms with Crippen LogP contribution in [0.2, 0.25) is 0 Å². The van der Waals surface area contributed by atoms with Crippen LogP contribution in [-0.2, 0) is 6.54 Å². The van der Waals surface area contributed by atoms with Crippen LogP contribution in [0.5, 0.6) is 5.75 Å². The normalized spacial score (nSPS) is 9.50. The first-order chi connectivity index (χ1) is 6.77. The summed E-state index contributed by atoms with van der Waals surface area (Å²) < 4.78 is 6.26. The molecule has 2 nitrogen and oxygen atoms in total. The lowest BCUT2D eigenvalue weighted by Gasteiger charge is -2.08. The first-order valence-electron chi connectivity index (χ1n) is 4.24. The number of nitrogens with one attached hydrogen (secondary N) is 1. The van der Waals surface area contributed by atoms with E-state index in [4.69, 9.17) is 11.2 Å². The topological polar surface area (TPSA) is 21.3 Å². The first kappa shape index (κ1) is 11.1. The van der Waals surface area contributed by atoms with Crippen LogP contribution < -0.4 is 10.1 Å². The van der Waals surface area contributed by atoms with Gasteiger partial charge in [-0.3, -0.25) is 0 Å². The van der Waals surface area contributed by atoms with Crippen LogP contribution in [0, 0.1) is 12.3 Å². The average molecular weight is 254 g/mol. The third-order valence-electron chi connectivity index (χ3n) is 1.78. The fourth-order valence-electron chi connectivity index (χ4n) is 1.15. The lowest BCUT2D eigenvalue weighted by Crippen LogP contribution is -2.13. The van der Waals surface area contributed by atoms with Crippen molar-refractivity contribution in [3.63, 3.8) is 0 Å². The van der Waals surface area contributed by atoms with Gasteiger partial charge in [-0.1, -0.05) is 21.9 Å². The third kappa shape index (κ3) is 3.06.